The maximum Gasteiger partial charge on any atom is 0.248 e. The van der Waals surface area contributed by atoms with Crippen molar-refractivity contribution >= 4 is 38.6 Å². The van der Waals surface area contributed by atoms with E-state index in [1.165, 1.54) is 11.3 Å². The van der Waals surface area contributed by atoms with Crippen LogP contribution in [0.25, 0.3) is 10.2 Å². The van der Waals surface area contributed by atoms with Crippen LogP contribution in [0.1, 0.15) is 0 Å². The van der Waals surface area contributed by atoms with Crippen LogP contribution in [0.5, 0.6) is 0 Å². The van der Waals surface area contributed by atoms with Gasteiger partial charge in [-0.2, -0.15) is 0 Å². The molecule has 1 amide bonds. The number of benzene rings is 1. The van der Waals surface area contributed by atoms with Crippen LogP contribution in [0.15, 0.2) is 29.3 Å². The van der Waals surface area contributed by atoms with Crippen molar-refractivity contribution in [3.8, 4) is 0 Å². The standard InChI is InChI=1S/C10H8N4OS/c15-8-5-11-9(13-8)14-10-12-6-3-1-2-4-7(6)16-10/h1-4H,5H2,(H2,11,12,13,14,15). The summed E-state index contributed by atoms with van der Waals surface area (Å²) in [4.78, 5) is 19.3. The number of aromatic nitrogens is 1. The summed E-state index contributed by atoms with van der Waals surface area (Å²) in [6.45, 7) is 0.188. The molecule has 0 saturated heterocycles. The molecule has 0 fully saturated rings. The lowest BCUT2D eigenvalue weighted by Crippen LogP contribution is -2.30. The Labute approximate surface area is 95.2 Å². The molecule has 1 aliphatic heterocycles. The van der Waals surface area contributed by atoms with Crippen LogP contribution in [-0.4, -0.2) is 23.4 Å². The average Bonchev–Trinajstić information content (AvgIpc) is 2.84. The van der Waals surface area contributed by atoms with Gasteiger partial charge < -0.3 is 5.32 Å². The third-order valence-electron chi connectivity index (χ3n) is 2.16. The summed E-state index contributed by atoms with van der Waals surface area (Å²) in [6, 6.07) is 7.87. The Morgan fingerprint density at radius 2 is 2.25 bits per heavy atom. The molecular formula is C10H8N4OS. The number of carbonyl (C=O) groups excluding carboxylic acids is 1. The first-order chi connectivity index (χ1) is 7.81. The summed E-state index contributed by atoms with van der Waals surface area (Å²) in [5.74, 6) is 0.382. The van der Waals surface area contributed by atoms with E-state index in [4.69, 9.17) is 0 Å². The predicted molar refractivity (Wildman–Crippen MR) is 63.7 cm³/mol. The Morgan fingerprint density at radius 1 is 1.38 bits per heavy atom. The molecule has 5 nitrogen and oxygen atoms in total. The van der Waals surface area contributed by atoms with Crippen LogP contribution in [-0.2, 0) is 4.79 Å². The second kappa shape index (κ2) is 3.57. The normalized spacial score (nSPS) is 15.0. The first-order valence-electron chi connectivity index (χ1n) is 4.78. The predicted octanol–water partition coefficient (Wildman–Crippen LogP) is 1.19. The molecule has 0 unspecified atom stereocenters. The van der Waals surface area contributed by atoms with Gasteiger partial charge in [0.1, 0.15) is 6.54 Å². The lowest BCUT2D eigenvalue weighted by Gasteiger charge is -1.99. The first kappa shape index (κ1) is 9.29. The van der Waals surface area contributed by atoms with E-state index in [2.05, 4.69) is 20.6 Å². The van der Waals surface area contributed by atoms with Gasteiger partial charge in [0.25, 0.3) is 0 Å². The minimum Gasteiger partial charge on any atom is -0.302 e. The quantitative estimate of drug-likeness (QED) is 0.776. The van der Waals surface area contributed by atoms with Crippen molar-refractivity contribution in [1.29, 1.82) is 0 Å². The van der Waals surface area contributed by atoms with Gasteiger partial charge in [0.15, 0.2) is 5.13 Å². The van der Waals surface area contributed by atoms with Crippen LogP contribution in [0.2, 0.25) is 0 Å². The van der Waals surface area contributed by atoms with Crippen molar-refractivity contribution in [3.63, 3.8) is 0 Å². The van der Waals surface area contributed by atoms with E-state index in [9.17, 15) is 4.79 Å². The van der Waals surface area contributed by atoms with Crippen LogP contribution < -0.4 is 10.6 Å². The van der Waals surface area contributed by atoms with Crippen molar-refractivity contribution in [2.45, 2.75) is 0 Å². The molecule has 2 N–H and O–H groups in total. The van der Waals surface area contributed by atoms with Gasteiger partial charge >= 0.3 is 0 Å². The number of hydrogen-bond donors (Lipinski definition) is 2. The van der Waals surface area contributed by atoms with Gasteiger partial charge in [-0.1, -0.05) is 23.5 Å². The molecular weight excluding hydrogens is 224 g/mol. The van der Waals surface area contributed by atoms with Crippen LogP contribution >= 0.6 is 11.3 Å². The van der Waals surface area contributed by atoms with Crippen LogP contribution in [0, 0.1) is 0 Å². The van der Waals surface area contributed by atoms with Gasteiger partial charge in [-0.05, 0) is 12.1 Å². The van der Waals surface area contributed by atoms with Crippen molar-refractivity contribution in [2.75, 3.05) is 11.9 Å². The van der Waals surface area contributed by atoms with Crippen LogP contribution in [0.3, 0.4) is 0 Å². The van der Waals surface area contributed by atoms with Crippen molar-refractivity contribution in [2.24, 2.45) is 4.99 Å². The number of nitrogens with one attached hydrogen (secondary N) is 2. The van der Waals surface area contributed by atoms with E-state index in [1.807, 2.05) is 24.3 Å². The number of amides is 1. The van der Waals surface area contributed by atoms with Crippen molar-refractivity contribution < 1.29 is 4.79 Å². The fourth-order valence-electron chi connectivity index (χ4n) is 1.46. The molecule has 1 aliphatic rings. The molecule has 2 heterocycles. The summed E-state index contributed by atoms with van der Waals surface area (Å²) >= 11 is 1.53. The smallest absolute Gasteiger partial charge is 0.248 e. The number of thiazole rings is 1. The van der Waals surface area contributed by atoms with E-state index in [0.717, 1.165) is 15.3 Å². The lowest BCUT2D eigenvalue weighted by atomic mass is 10.3. The van der Waals surface area contributed by atoms with Gasteiger partial charge in [-0.3, -0.25) is 10.1 Å². The maximum atomic E-state index is 10.9. The SMILES string of the molecule is O=C1CN=C(Nc2nc3ccccc3s2)N1. The van der Waals surface area contributed by atoms with Gasteiger partial charge in [0, 0.05) is 0 Å². The summed E-state index contributed by atoms with van der Waals surface area (Å²) in [7, 11) is 0. The Balaban J connectivity index is 1.87. The zero-order valence-electron chi connectivity index (χ0n) is 8.23. The molecule has 0 bridgehead atoms. The minimum absolute atomic E-state index is 0.0939. The van der Waals surface area contributed by atoms with Gasteiger partial charge in [-0.15, -0.1) is 0 Å². The molecule has 1 aromatic carbocycles. The third-order valence-corrected chi connectivity index (χ3v) is 3.11. The number of rotatable bonds is 1. The number of guanidine groups is 1. The van der Waals surface area contributed by atoms with Crippen LogP contribution in [0.4, 0.5) is 5.13 Å². The number of anilines is 1. The Kier molecular flexibility index (Phi) is 2.07. The molecule has 1 aromatic heterocycles. The van der Waals surface area contributed by atoms with Gasteiger partial charge in [0.2, 0.25) is 11.9 Å². The number of nitrogens with zero attached hydrogens (tertiary/aromatic N) is 2. The highest BCUT2D eigenvalue weighted by molar-refractivity contribution is 7.22. The average molecular weight is 232 g/mol. The molecule has 0 aliphatic carbocycles. The molecule has 16 heavy (non-hydrogen) atoms. The lowest BCUT2D eigenvalue weighted by molar-refractivity contribution is -0.117. The van der Waals surface area contributed by atoms with Gasteiger partial charge in [-0.25, -0.2) is 9.98 Å². The first-order valence-corrected chi connectivity index (χ1v) is 5.60. The number of para-hydroxylation sites is 1. The fraction of sp³-hybridized carbons (Fsp3) is 0.100. The summed E-state index contributed by atoms with van der Waals surface area (Å²) in [5, 5.41) is 6.34. The highest BCUT2D eigenvalue weighted by Gasteiger charge is 2.14. The molecule has 2 aromatic rings. The van der Waals surface area contributed by atoms with E-state index in [0.29, 0.717) is 5.96 Å². The van der Waals surface area contributed by atoms with Crippen molar-refractivity contribution in [1.82, 2.24) is 10.3 Å². The zero-order valence-corrected chi connectivity index (χ0v) is 9.04. The summed E-state index contributed by atoms with van der Waals surface area (Å²) in [5.41, 5.74) is 0.944. The molecule has 80 valence electrons. The van der Waals surface area contributed by atoms with Gasteiger partial charge in [0.05, 0.1) is 10.2 Å². The van der Waals surface area contributed by atoms with E-state index in [1.54, 1.807) is 0 Å². The highest BCUT2D eigenvalue weighted by atomic mass is 32.1. The number of fused-ring (bicyclic) bond motifs is 1. The monoisotopic (exact) mass is 232 g/mol. The van der Waals surface area contributed by atoms with Crippen molar-refractivity contribution in [3.05, 3.63) is 24.3 Å². The van der Waals surface area contributed by atoms with E-state index < -0.39 is 0 Å². The Hall–Kier alpha value is -1.95. The largest absolute Gasteiger partial charge is 0.302 e. The number of hydrogen-bond acceptors (Lipinski definition) is 5. The number of carbonyl (C=O) groups is 1. The minimum atomic E-state index is -0.0939. The summed E-state index contributed by atoms with van der Waals surface area (Å²) in [6.07, 6.45) is 0. The molecule has 0 spiro atoms. The van der Waals surface area contributed by atoms with E-state index in [-0.39, 0.29) is 12.5 Å². The molecule has 3 rings (SSSR count). The maximum absolute atomic E-state index is 10.9. The summed E-state index contributed by atoms with van der Waals surface area (Å²) < 4.78 is 1.11. The highest BCUT2D eigenvalue weighted by Crippen LogP contribution is 2.25. The zero-order chi connectivity index (χ0) is 11.0. The molecule has 0 radical (unpaired) electrons. The second-order valence-corrected chi connectivity index (χ2v) is 4.36. The number of aliphatic imine (C=N–C) groups is 1. The molecule has 0 atom stereocenters. The third kappa shape index (κ3) is 1.63. The topological polar surface area (TPSA) is 66.4 Å². The fourth-order valence-corrected chi connectivity index (χ4v) is 2.32. The molecule has 0 saturated carbocycles. The molecule has 6 heteroatoms. The Morgan fingerprint density at radius 3 is 3.00 bits per heavy atom. The van der Waals surface area contributed by atoms with E-state index >= 15 is 0 Å². The Bertz CT molecular complexity index is 556. The second-order valence-electron chi connectivity index (χ2n) is 3.32.